The summed E-state index contributed by atoms with van der Waals surface area (Å²) in [6, 6.07) is 6.06. The summed E-state index contributed by atoms with van der Waals surface area (Å²) < 4.78 is 5.69. The molecule has 1 aliphatic rings. The van der Waals surface area contributed by atoms with Crippen molar-refractivity contribution in [2.45, 2.75) is 38.8 Å². The molecular weight excluding hydrogens is 322 g/mol. The van der Waals surface area contributed by atoms with Crippen molar-refractivity contribution >= 4 is 17.7 Å². The van der Waals surface area contributed by atoms with Crippen LogP contribution >= 0.6 is 11.8 Å². The Morgan fingerprint density at radius 2 is 2.17 bits per heavy atom. The van der Waals surface area contributed by atoms with Gasteiger partial charge in [0.2, 0.25) is 11.8 Å². The molecule has 3 rings (SSSR count). The van der Waals surface area contributed by atoms with Crippen LogP contribution in [0.25, 0.3) is 11.5 Å². The maximum atomic E-state index is 12.3. The molecule has 0 saturated carbocycles. The minimum Gasteiger partial charge on any atom is -0.411 e. The van der Waals surface area contributed by atoms with Gasteiger partial charge in [-0.25, -0.2) is 0 Å². The van der Waals surface area contributed by atoms with Crippen molar-refractivity contribution in [1.82, 2.24) is 15.1 Å². The minimum absolute atomic E-state index is 0.150. The molecule has 1 amide bonds. The van der Waals surface area contributed by atoms with E-state index >= 15 is 0 Å². The molecule has 0 bridgehead atoms. The summed E-state index contributed by atoms with van der Waals surface area (Å²) in [5, 5.41) is 8.60. The van der Waals surface area contributed by atoms with E-state index in [1.807, 2.05) is 23.1 Å². The fourth-order valence-electron chi connectivity index (χ4n) is 2.89. The number of rotatable bonds is 4. The number of thioether (sulfide) groups is 1. The van der Waals surface area contributed by atoms with Crippen LogP contribution in [0.15, 0.2) is 27.8 Å². The summed E-state index contributed by atoms with van der Waals surface area (Å²) in [5.74, 6) is 1.59. The van der Waals surface area contributed by atoms with Crippen molar-refractivity contribution in [3.63, 3.8) is 0 Å². The van der Waals surface area contributed by atoms with Crippen molar-refractivity contribution in [1.29, 1.82) is 0 Å². The number of piperidine rings is 1. The number of carbonyl (C=O) groups is 1. The predicted octanol–water partition coefficient (Wildman–Crippen LogP) is 3.70. The minimum atomic E-state index is 0.150. The van der Waals surface area contributed by atoms with Crippen molar-refractivity contribution in [2.75, 3.05) is 18.8 Å². The number of nitrogens with zero attached hydrogens (tertiary/aromatic N) is 3. The van der Waals surface area contributed by atoms with Crippen LogP contribution < -0.4 is 0 Å². The smallest absolute Gasteiger partial charge is 0.277 e. The van der Waals surface area contributed by atoms with Gasteiger partial charge in [-0.05, 0) is 55.9 Å². The summed E-state index contributed by atoms with van der Waals surface area (Å²) in [4.78, 5) is 14.2. The number of carbonyl (C=O) groups excluding carboxylic acids is 1. The van der Waals surface area contributed by atoms with Gasteiger partial charge < -0.3 is 9.32 Å². The van der Waals surface area contributed by atoms with Gasteiger partial charge in [0.05, 0.1) is 5.75 Å². The molecule has 0 radical (unpaired) electrons. The second kappa shape index (κ2) is 7.38. The van der Waals surface area contributed by atoms with E-state index in [-0.39, 0.29) is 5.91 Å². The van der Waals surface area contributed by atoms with Crippen molar-refractivity contribution in [3.8, 4) is 11.5 Å². The number of likely N-dealkylation sites (tertiary alicyclic amines) is 1. The zero-order chi connectivity index (χ0) is 17.1. The van der Waals surface area contributed by atoms with Crippen molar-refractivity contribution < 1.29 is 9.21 Å². The fourth-order valence-corrected chi connectivity index (χ4v) is 3.56. The van der Waals surface area contributed by atoms with E-state index < -0.39 is 0 Å². The highest BCUT2D eigenvalue weighted by atomic mass is 32.2. The number of aromatic nitrogens is 2. The van der Waals surface area contributed by atoms with E-state index in [0.717, 1.165) is 25.1 Å². The highest BCUT2D eigenvalue weighted by Crippen LogP contribution is 2.25. The Kier molecular flexibility index (Phi) is 5.23. The van der Waals surface area contributed by atoms with Crippen LogP contribution in [0.3, 0.4) is 0 Å². The lowest BCUT2D eigenvalue weighted by atomic mass is 10.0. The highest BCUT2D eigenvalue weighted by Gasteiger charge is 2.21. The van der Waals surface area contributed by atoms with Gasteiger partial charge >= 0.3 is 0 Å². The standard InChI is InChI=1S/C18H23N3O2S/c1-12-5-4-8-21(10-12)16(22)11-24-18-20-19-17(23-18)15-7-6-13(2)14(3)9-15/h6-7,9,12H,4-5,8,10-11H2,1-3H3/t12-/m1/s1. The Morgan fingerprint density at radius 1 is 1.33 bits per heavy atom. The van der Waals surface area contributed by atoms with E-state index in [0.29, 0.717) is 22.8 Å². The molecule has 6 heteroatoms. The molecule has 2 heterocycles. The average Bonchev–Trinajstić information content (AvgIpc) is 3.04. The summed E-state index contributed by atoms with van der Waals surface area (Å²) in [6.45, 7) is 8.05. The Morgan fingerprint density at radius 3 is 2.92 bits per heavy atom. The number of hydrogen-bond donors (Lipinski definition) is 0. The van der Waals surface area contributed by atoms with Crippen molar-refractivity contribution in [2.24, 2.45) is 5.92 Å². The number of hydrogen-bond acceptors (Lipinski definition) is 5. The van der Waals surface area contributed by atoms with E-state index in [4.69, 9.17) is 4.42 Å². The molecular formula is C18H23N3O2S. The number of amides is 1. The third kappa shape index (κ3) is 3.98. The summed E-state index contributed by atoms with van der Waals surface area (Å²) in [7, 11) is 0. The van der Waals surface area contributed by atoms with Crippen molar-refractivity contribution in [3.05, 3.63) is 29.3 Å². The molecule has 5 nitrogen and oxygen atoms in total. The Bertz CT molecular complexity index is 729. The van der Waals surface area contributed by atoms with Crippen LogP contribution in [0, 0.1) is 19.8 Å². The van der Waals surface area contributed by atoms with Crippen LogP contribution in [-0.2, 0) is 4.79 Å². The van der Waals surface area contributed by atoms with Crippen LogP contribution in [-0.4, -0.2) is 39.8 Å². The molecule has 1 fully saturated rings. The first-order chi connectivity index (χ1) is 11.5. The van der Waals surface area contributed by atoms with Gasteiger partial charge in [-0.3, -0.25) is 4.79 Å². The topological polar surface area (TPSA) is 59.2 Å². The molecule has 1 aliphatic heterocycles. The van der Waals surface area contributed by atoms with Gasteiger partial charge in [0, 0.05) is 18.7 Å². The first-order valence-electron chi connectivity index (χ1n) is 8.34. The first-order valence-corrected chi connectivity index (χ1v) is 9.33. The summed E-state index contributed by atoms with van der Waals surface area (Å²) in [6.07, 6.45) is 2.30. The van der Waals surface area contributed by atoms with E-state index in [1.54, 1.807) is 0 Å². The summed E-state index contributed by atoms with van der Waals surface area (Å²) >= 11 is 1.31. The molecule has 0 unspecified atom stereocenters. The van der Waals surface area contributed by atoms with Crippen LogP contribution in [0.5, 0.6) is 0 Å². The molecule has 0 spiro atoms. The summed E-state index contributed by atoms with van der Waals surface area (Å²) in [5.41, 5.74) is 3.33. The molecule has 0 aliphatic carbocycles. The molecule has 1 aromatic heterocycles. The van der Waals surface area contributed by atoms with Crippen LogP contribution in [0.2, 0.25) is 0 Å². The van der Waals surface area contributed by atoms with E-state index in [9.17, 15) is 4.79 Å². The molecule has 1 saturated heterocycles. The molecule has 128 valence electrons. The fraction of sp³-hybridized carbons (Fsp3) is 0.500. The molecule has 24 heavy (non-hydrogen) atoms. The third-order valence-electron chi connectivity index (χ3n) is 4.49. The van der Waals surface area contributed by atoms with Gasteiger partial charge in [-0.15, -0.1) is 10.2 Å². The lowest BCUT2D eigenvalue weighted by Crippen LogP contribution is -2.40. The Labute approximate surface area is 146 Å². The predicted molar refractivity (Wildman–Crippen MR) is 94.9 cm³/mol. The molecule has 1 atom stereocenters. The largest absolute Gasteiger partial charge is 0.411 e. The molecule has 2 aromatic rings. The SMILES string of the molecule is Cc1ccc(-c2nnc(SCC(=O)N3CCC[C@@H](C)C3)o2)cc1C. The maximum Gasteiger partial charge on any atom is 0.277 e. The molecule has 1 aromatic carbocycles. The Balaban J connectivity index is 1.59. The number of benzene rings is 1. The lowest BCUT2D eigenvalue weighted by molar-refractivity contribution is -0.130. The Hall–Kier alpha value is -1.82. The lowest BCUT2D eigenvalue weighted by Gasteiger charge is -2.30. The third-order valence-corrected chi connectivity index (χ3v) is 5.29. The zero-order valence-electron chi connectivity index (χ0n) is 14.4. The highest BCUT2D eigenvalue weighted by molar-refractivity contribution is 7.99. The van der Waals surface area contributed by atoms with Crippen LogP contribution in [0.4, 0.5) is 0 Å². The van der Waals surface area contributed by atoms with Gasteiger partial charge in [-0.1, -0.05) is 24.8 Å². The second-order valence-electron chi connectivity index (χ2n) is 6.55. The maximum absolute atomic E-state index is 12.3. The van der Waals surface area contributed by atoms with E-state index in [2.05, 4.69) is 31.0 Å². The second-order valence-corrected chi connectivity index (χ2v) is 7.47. The van der Waals surface area contributed by atoms with Crippen LogP contribution in [0.1, 0.15) is 30.9 Å². The van der Waals surface area contributed by atoms with Gasteiger partial charge in [0.1, 0.15) is 0 Å². The number of aryl methyl sites for hydroxylation is 2. The first kappa shape index (κ1) is 17.0. The van der Waals surface area contributed by atoms with E-state index in [1.165, 1.54) is 29.3 Å². The van der Waals surface area contributed by atoms with Gasteiger partial charge in [0.15, 0.2) is 0 Å². The van der Waals surface area contributed by atoms with Gasteiger partial charge in [0.25, 0.3) is 5.22 Å². The quantitative estimate of drug-likeness (QED) is 0.791. The molecule has 0 N–H and O–H groups in total. The monoisotopic (exact) mass is 345 g/mol. The van der Waals surface area contributed by atoms with Gasteiger partial charge in [-0.2, -0.15) is 0 Å². The normalized spacial score (nSPS) is 18.0. The average molecular weight is 345 g/mol. The zero-order valence-corrected chi connectivity index (χ0v) is 15.2.